The Labute approximate surface area is 227 Å². The number of carbonyl (C=O) groups excluding carboxylic acids is 1. The molecule has 1 aliphatic heterocycles. The van der Waals surface area contributed by atoms with Crippen LogP contribution in [0, 0.1) is 11.8 Å². The summed E-state index contributed by atoms with van der Waals surface area (Å²) in [5, 5.41) is 3.17. The minimum Gasteiger partial charge on any atom is -0.497 e. The Morgan fingerprint density at radius 2 is 1.87 bits per heavy atom. The van der Waals surface area contributed by atoms with Crippen LogP contribution in [0.5, 0.6) is 5.75 Å². The van der Waals surface area contributed by atoms with Gasteiger partial charge in [0.15, 0.2) is 0 Å². The molecule has 0 aromatic heterocycles. The Hall–Kier alpha value is -3.11. The second-order valence-corrected chi connectivity index (χ2v) is 12.0. The number of likely N-dealkylation sites (tertiary alicyclic amines) is 1. The number of hydrogen-bond donors (Lipinski definition) is 1. The van der Waals surface area contributed by atoms with E-state index < -0.39 is 0 Å². The summed E-state index contributed by atoms with van der Waals surface area (Å²) >= 11 is 0. The average molecular weight is 509 g/mol. The van der Waals surface area contributed by atoms with Crippen molar-refractivity contribution in [1.29, 1.82) is 0 Å². The number of ether oxygens (including phenoxy) is 1. The fraction of sp³-hybridized carbons (Fsp3) is 0.441. The molecule has 1 saturated heterocycles. The number of carbonyl (C=O) groups is 1. The summed E-state index contributed by atoms with van der Waals surface area (Å²) in [7, 11) is 1.69. The van der Waals surface area contributed by atoms with Crippen LogP contribution in [0.25, 0.3) is 11.1 Å². The lowest BCUT2D eigenvalue weighted by atomic mass is 9.59. The van der Waals surface area contributed by atoms with Crippen LogP contribution in [0.1, 0.15) is 60.2 Å². The van der Waals surface area contributed by atoms with E-state index in [9.17, 15) is 4.79 Å². The van der Waals surface area contributed by atoms with Gasteiger partial charge in [0.25, 0.3) is 5.91 Å². The van der Waals surface area contributed by atoms with Gasteiger partial charge in [0.1, 0.15) is 5.75 Å². The lowest BCUT2D eigenvalue weighted by Crippen LogP contribution is -2.58. The molecule has 2 fully saturated rings. The number of piperidine rings is 1. The van der Waals surface area contributed by atoms with Crippen molar-refractivity contribution < 1.29 is 9.53 Å². The Morgan fingerprint density at radius 3 is 2.63 bits per heavy atom. The number of amides is 1. The first-order valence-corrected chi connectivity index (χ1v) is 14.3. The van der Waals surface area contributed by atoms with Crippen molar-refractivity contribution in [2.75, 3.05) is 26.7 Å². The van der Waals surface area contributed by atoms with Gasteiger partial charge >= 0.3 is 0 Å². The Bertz CT molecular complexity index is 1310. The smallest absolute Gasteiger partial charge is 0.251 e. The molecule has 198 valence electrons. The molecule has 3 atom stereocenters. The highest BCUT2D eigenvalue weighted by atomic mass is 16.5. The highest BCUT2D eigenvalue weighted by Gasteiger charge is 2.49. The van der Waals surface area contributed by atoms with Gasteiger partial charge in [-0.3, -0.25) is 9.69 Å². The van der Waals surface area contributed by atoms with Gasteiger partial charge in [-0.05, 0) is 108 Å². The van der Waals surface area contributed by atoms with Crippen molar-refractivity contribution in [2.24, 2.45) is 11.8 Å². The number of nitrogens with one attached hydrogen (secondary N) is 1. The van der Waals surface area contributed by atoms with E-state index in [-0.39, 0.29) is 11.3 Å². The van der Waals surface area contributed by atoms with Crippen LogP contribution >= 0.6 is 0 Å². The minimum absolute atomic E-state index is 0.0327. The molecule has 38 heavy (non-hydrogen) atoms. The summed E-state index contributed by atoms with van der Waals surface area (Å²) in [6.07, 6.45) is 5.94. The third kappa shape index (κ3) is 4.87. The molecule has 1 amide bonds. The first-order valence-electron chi connectivity index (χ1n) is 14.3. The quantitative estimate of drug-likeness (QED) is 0.390. The number of hydrogen-bond acceptors (Lipinski definition) is 3. The van der Waals surface area contributed by atoms with Crippen molar-refractivity contribution in [3.63, 3.8) is 0 Å². The van der Waals surface area contributed by atoms with Gasteiger partial charge in [0, 0.05) is 24.7 Å². The molecule has 3 aliphatic rings. The molecule has 1 unspecified atom stereocenters. The van der Waals surface area contributed by atoms with Crippen LogP contribution in [0.15, 0.2) is 66.7 Å². The maximum atomic E-state index is 13.1. The topological polar surface area (TPSA) is 41.6 Å². The number of fused-ring (bicyclic) bond motifs is 4. The van der Waals surface area contributed by atoms with Gasteiger partial charge in [-0.2, -0.15) is 0 Å². The van der Waals surface area contributed by atoms with Gasteiger partial charge < -0.3 is 10.1 Å². The van der Waals surface area contributed by atoms with Gasteiger partial charge in [0.05, 0.1) is 7.11 Å². The van der Waals surface area contributed by atoms with Gasteiger partial charge in [0.2, 0.25) is 0 Å². The van der Waals surface area contributed by atoms with Crippen LogP contribution in [0.2, 0.25) is 0 Å². The van der Waals surface area contributed by atoms with Crippen molar-refractivity contribution in [3.05, 3.63) is 89.0 Å². The van der Waals surface area contributed by atoms with E-state index in [1.54, 1.807) is 7.11 Å². The maximum absolute atomic E-state index is 13.1. The van der Waals surface area contributed by atoms with E-state index in [1.165, 1.54) is 49.0 Å². The molecule has 4 heteroatoms. The largest absolute Gasteiger partial charge is 0.497 e. The minimum atomic E-state index is 0.0327. The third-order valence-electron chi connectivity index (χ3n) is 9.63. The Kier molecular flexibility index (Phi) is 6.77. The number of rotatable bonds is 8. The van der Waals surface area contributed by atoms with Crippen molar-refractivity contribution >= 4 is 5.91 Å². The Morgan fingerprint density at radius 1 is 1.05 bits per heavy atom. The monoisotopic (exact) mass is 508 g/mol. The van der Waals surface area contributed by atoms with Crippen LogP contribution in [-0.2, 0) is 18.3 Å². The van der Waals surface area contributed by atoms with Crippen LogP contribution in [0.4, 0.5) is 0 Å². The Balaban J connectivity index is 1.09. The summed E-state index contributed by atoms with van der Waals surface area (Å²) in [6.45, 7) is 7.98. The lowest BCUT2D eigenvalue weighted by Gasteiger charge is -2.55. The summed E-state index contributed by atoms with van der Waals surface area (Å²) < 4.78 is 5.35. The molecule has 1 heterocycles. The van der Waals surface area contributed by atoms with E-state index in [0.29, 0.717) is 18.5 Å². The number of methoxy groups -OCH3 is 1. The third-order valence-corrected chi connectivity index (χ3v) is 9.63. The summed E-state index contributed by atoms with van der Waals surface area (Å²) in [4.78, 5) is 15.9. The van der Waals surface area contributed by atoms with Crippen LogP contribution in [0.3, 0.4) is 0 Å². The lowest BCUT2D eigenvalue weighted by molar-refractivity contribution is 0.0284. The molecular formula is C34H40N2O2. The summed E-state index contributed by atoms with van der Waals surface area (Å²) in [5.41, 5.74) is 7.32. The average Bonchev–Trinajstić information content (AvgIpc) is 3.77. The van der Waals surface area contributed by atoms with E-state index in [0.717, 1.165) is 41.2 Å². The fourth-order valence-electron chi connectivity index (χ4n) is 6.80. The normalized spacial score (nSPS) is 24.5. The van der Waals surface area contributed by atoms with Gasteiger partial charge in [-0.1, -0.05) is 56.3 Å². The number of benzene rings is 3. The summed E-state index contributed by atoms with van der Waals surface area (Å²) in [6, 6.07) is 23.8. The fourth-order valence-corrected chi connectivity index (χ4v) is 6.80. The molecule has 6 rings (SSSR count). The van der Waals surface area contributed by atoms with Gasteiger partial charge in [-0.25, -0.2) is 0 Å². The molecule has 0 radical (unpaired) electrons. The molecule has 1 N–H and O–H groups in total. The van der Waals surface area contributed by atoms with Gasteiger partial charge in [-0.15, -0.1) is 0 Å². The zero-order chi connectivity index (χ0) is 26.3. The van der Waals surface area contributed by atoms with Crippen molar-refractivity contribution in [1.82, 2.24) is 10.2 Å². The predicted molar refractivity (Wildman–Crippen MR) is 154 cm³/mol. The zero-order valence-electron chi connectivity index (χ0n) is 23.0. The first kappa shape index (κ1) is 25.2. The maximum Gasteiger partial charge on any atom is 0.251 e. The molecule has 3 aromatic carbocycles. The van der Waals surface area contributed by atoms with Crippen LogP contribution in [-0.4, -0.2) is 43.6 Å². The summed E-state index contributed by atoms with van der Waals surface area (Å²) in [5.74, 6) is 2.44. The highest BCUT2D eigenvalue weighted by molar-refractivity contribution is 5.94. The second kappa shape index (κ2) is 10.2. The van der Waals surface area contributed by atoms with Crippen molar-refractivity contribution in [2.45, 2.75) is 57.4 Å². The molecule has 0 spiro atoms. The molecule has 4 nitrogen and oxygen atoms in total. The van der Waals surface area contributed by atoms with E-state index >= 15 is 0 Å². The standard InChI is InChI=1S/C34H40N2O2/c1-23-32-21-28-13-14-29(20-31(28)34(23,2)16-18-36(32)22-25-7-8-25)33(37)35-17-15-24-9-11-26(12-10-24)27-5-4-6-30(19-27)38-3/h4-6,9-14,19-20,23,25,32H,7-8,15-18,21-22H2,1-3H3,(H,35,37)/t23-,32+,34?/m0/s1. The van der Waals surface area contributed by atoms with E-state index in [4.69, 9.17) is 4.74 Å². The molecular weight excluding hydrogens is 468 g/mol. The van der Waals surface area contributed by atoms with Crippen molar-refractivity contribution in [3.8, 4) is 16.9 Å². The van der Waals surface area contributed by atoms with E-state index in [1.807, 2.05) is 24.3 Å². The first-order chi connectivity index (χ1) is 18.4. The number of nitrogens with zero attached hydrogens (tertiary/aromatic N) is 1. The second-order valence-electron chi connectivity index (χ2n) is 12.0. The molecule has 1 saturated carbocycles. The SMILES string of the molecule is COc1cccc(-c2ccc(CCNC(=O)c3ccc4c(c3)C3(C)CCN(CC5CC5)[C@H](C4)[C@@H]3C)cc2)c1. The molecule has 2 bridgehead atoms. The molecule has 2 aliphatic carbocycles. The predicted octanol–water partition coefficient (Wildman–Crippen LogP) is 6.27. The van der Waals surface area contributed by atoms with E-state index in [2.05, 4.69) is 66.5 Å². The van der Waals surface area contributed by atoms with Crippen LogP contribution < -0.4 is 10.1 Å². The zero-order valence-corrected chi connectivity index (χ0v) is 23.0. The highest BCUT2D eigenvalue weighted by Crippen LogP contribution is 2.49. The molecule has 3 aromatic rings.